The summed E-state index contributed by atoms with van der Waals surface area (Å²) in [7, 11) is 3.18. The molecule has 3 nitrogen and oxygen atoms in total. The van der Waals surface area contributed by atoms with Crippen molar-refractivity contribution in [2.45, 2.75) is 0 Å². The lowest BCUT2D eigenvalue weighted by atomic mass is 10.0. The number of halogens is 1. The van der Waals surface area contributed by atoms with E-state index < -0.39 is 0 Å². The molecule has 0 atom stereocenters. The normalized spacial score (nSPS) is 10.9. The fourth-order valence-corrected chi connectivity index (χ4v) is 2.35. The maximum Gasteiger partial charge on any atom is 0.167 e. The van der Waals surface area contributed by atoms with Gasteiger partial charge in [0, 0.05) is 9.13 Å². The summed E-state index contributed by atoms with van der Waals surface area (Å²) in [5.41, 5.74) is 2.27. The highest BCUT2D eigenvalue weighted by Crippen LogP contribution is 2.33. The molecule has 0 unspecified atom stereocenters. The van der Waals surface area contributed by atoms with Gasteiger partial charge in [-0.05, 0) is 52.4 Å². The molecule has 0 bridgehead atoms. The Bertz CT molecular complexity index is 700. The molecule has 0 saturated heterocycles. The summed E-state index contributed by atoms with van der Waals surface area (Å²) in [6.45, 7) is 0. The van der Waals surface area contributed by atoms with E-state index in [9.17, 15) is 5.26 Å². The molecule has 0 aromatic heterocycles. The zero-order valence-electron chi connectivity index (χ0n) is 11.8. The summed E-state index contributed by atoms with van der Waals surface area (Å²) in [4.78, 5) is 0. The van der Waals surface area contributed by atoms with Gasteiger partial charge in [0.1, 0.15) is 0 Å². The fourth-order valence-electron chi connectivity index (χ4n) is 1.99. The van der Waals surface area contributed by atoms with Crippen LogP contribution in [0, 0.1) is 14.9 Å². The Hall–Kier alpha value is -2.00. The average molecular weight is 391 g/mol. The van der Waals surface area contributed by atoms with Crippen LogP contribution >= 0.6 is 22.6 Å². The highest BCUT2D eigenvalue weighted by Gasteiger charge is 2.09. The van der Waals surface area contributed by atoms with E-state index in [2.05, 4.69) is 28.7 Å². The summed E-state index contributed by atoms with van der Waals surface area (Å²) in [5, 5.41) is 9.41. The predicted octanol–water partition coefficient (Wildman–Crippen LogP) is 4.37. The van der Waals surface area contributed by atoms with Crippen LogP contribution in [0.1, 0.15) is 11.1 Å². The number of nitrogens with zero attached hydrogens (tertiary/aromatic N) is 1. The van der Waals surface area contributed by atoms with Crippen LogP contribution in [0.15, 0.2) is 42.5 Å². The van der Waals surface area contributed by atoms with Crippen molar-refractivity contribution >= 4 is 34.2 Å². The Labute approximate surface area is 138 Å². The van der Waals surface area contributed by atoms with E-state index in [1.54, 1.807) is 14.2 Å². The topological polar surface area (TPSA) is 42.2 Å². The van der Waals surface area contributed by atoms with Crippen LogP contribution in [0.25, 0.3) is 11.6 Å². The van der Waals surface area contributed by atoms with E-state index in [1.165, 1.54) is 0 Å². The van der Waals surface area contributed by atoms with Gasteiger partial charge in [-0.25, -0.2) is 0 Å². The molecule has 2 aromatic rings. The molecular weight excluding hydrogens is 377 g/mol. The lowest BCUT2D eigenvalue weighted by Gasteiger charge is -2.10. The molecule has 21 heavy (non-hydrogen) atoms. The average Bonchev–Trinajstić information content (AvgIpc) is 2.53. The highest BCUT2D eigenvalue weighted by molar-refractivity contribution is 14.1. The van der Waals surface area contributed by atoms with Crippen molar-refractivity contribution in [1.29, 1.82) is 5.26 Å². The van der Waals surface area contributed by atoms with E-state index in [4.69, 9.17) is 9.47 Å². The van der Waals surface area contributed by atoms with E-state index in [0.29, 0.717) is 17.1 Å². The van der Waals surface area contributed by atoms with Crippen LogP contribution in [0.3, 0.4) is 0 Å². The lowest BCUT2D eigenvalue weighted by Crippen LogP contribution is -1.93. The summed E-state index contributed by atoms with van der Waals surface area (Å²) < 4.78 is 11.8. The molecule has 0 fully saturated rings. The third-order valence-electron chi connectivity index (χ3n) is 3.01. The molecule has 0 aliphatic heterocycles. The number of ether oxygens (including phenoxy) is 2. The molecule has 0 heterocycles. The first kappa shape index (κ1) is 15.4. The van der Waals surface area contributed by atoms with Gasteiger partial charge in [0.25, 0.3) is 0 Å². The number of para-hydroxylation sites is 1. The molecule has 0 spiro atoms. The van der Waals surface area contributed by atoms with Crippen LogP contribution < -0.4 is 9.47 Å². The molecule has 2 rings (SSSR count). The highest BCUT2D eigenvalue weighted by atomic mass is 127. The van der Waals surface area contributed by atoms with Gasteiger partial charge in [-0.3, -0.25) is 0 Å². The molecule has 0 amide bonds. The Morgan fingerprint density at radius 3 is 2.38 bits per heavy atom. The SMILES string of the molecule is COc1cccc(/C=C(/C#N)c2ccc(I)cc2)c1OC. The summed E-state index contributed by atoms with van der Waals surface area (Å²) >= 11 is 2.24. The number of hydrogen-bond donors (Lipinski definition) is 0. The number of methoxy groups -OCH3 is 2. The first-order valence-electron chi connectivity index (χ1n) is 6.28. The molecule has 0 aliphatic rings. The van der Waals surface area contributed by atoms with Crippen molar-refractivity contribution in [2.75, 3.05) is 14.2 Å². The van der Waals surface area contributed by atoms with Gasteiger partial charge in [-0.15, -0.1) is 0 Å². The standard InChI is InChI=1S/C17H14INO2/c1-20-16-5-3-4-13(17(16)21-2)10-14(11-19)12-6-8-15(18)9-7-12/h3-10H,1-2H3/b14-10-. The van der Waals surface area contributed by atoms with Gasteiger partial charge in [0.2, 0.25) is 0 Å². The summed E-state index contributed by atoms with van der Waals surface area (Å²) in [5.74, 6) is 1.27. The third-order valence-corrected chi connectivity index (χ3v) is 3.73. The molecule has 0 N–H and O–H groups in total. The van der Waals surface area contributed by atoms with Gasteiger partial charge in [0.15, 0.2) is 11.5 Å². The van der Waals surface area contributed by atoms with Gasteiger partial charge < -0.3 is 9.47 Å². The zero-order chi connectivity index (χ0) is 15.2. The van der Waals surface area contributed by atoms with Crippen molar-refractivity contribution in [3.05, 3.63) is 57.2 Å². The fraction of sp³-hybridized carbons (Fsp3) is 0.118. The third kappa shape index (κ3) is 3.56. The van der Waals surface area contributed by atoms with Crippen LogP contribution in [-0.4, -0.2) is 14.2 Å². The van der Waals surface area contributed by atoms with E-state index in [0.717, 1.165) is 14.7 Å². The Morgan fingerprint density at radius 2 is 1.81 bits per heavy atom. The summed E-state index contributed by atoms with van der Waals surface area (Å²) in [6, 6.07) is 15.6. The maximum atomic E-state index is 9.41. The van der Waals surface area contributed by atoms with Gasteiger partial charge in [0.05, 0.1) is 25.9 Å². The molecule has 0 saturated carbocycles. The minimum atomic E-state index is 0.581. The van der Waals surface area contributed by atoms with Gasteiger partial charge in [-0.2, -0.15) is 5.26 Å². The Balaban J connectivity index is 2.50. The molecule has 2 aromatic carbocycles. The quantitative estimate of drug-likeness (QED) is 0.442. The molecule has 0 radical (unpaired) electrons. The minimum Gasteiger partial charge on any atom is -0.493 e. The van der Waals surface area contributed by atoms with Crippen molar-refractivity contribution in [3.8, 4) is 17.6 Å². The number of hydrogen-bond acceptors (Lipinski definition) is 3. The smallest absolute Gasteiger partial charge is 0.167 e. The molecule has 0 aliphatic carbocycles. The second-order valence-electron chi connectivity index (χ2n) is 4.26. The predicted molar refractivity (Wildman–Crippen MR) is 92.2 cm³/mol. The zero-order valence-corrected chi connectivity index (χ0v) is 13.9. The number of nitriles is 1. The van der Waals surface area contributed by atoms with Crippen molar-refractivity contribution < 1.29 is 9.47 Å². The van der Waals surface area contributed by atoms with Gasteiger partial charge >= 0.3 is 0 Å². The van der Waals surface area contributed by atoms with Crippen LogP contribution in [-0.2, 0) is 0 Å². The van der Waals surface area contributed by atoms with E-state index in [-0.39, 0.29) is 0 Å². The number of allylic oxidation sites excluding steroid dienone is 1. The first-order valence-corrected chi connectivity index (χ1v) is 7.36. The maximum absolute atomic E-state index is 9.41. The Kier molecular flexibility index (Phi) is 5.23. The second kappa shape index (κ2) is 7.14. The number of benzene rings is 2. The van der Waals surface area contributed by atoms with Gasteiger partial charge in [-0.1, -0.05) is 24.3 Å². The van der Waals surface area contributed by atoms with Crippen molar-refractivity contribution in [1.82, 2.24) is 0 Å². The molecule has 106 valence electrons. The Morgan fingerprint density at radius 1 is 1.10 bits per heavy atom. The first-order chi connectivity index (χ1) is 10.2. The second-order valence-corrected chi connectivity index (χ2v) is 5.51. The van der Waals surface area contributed by atoms with Crippen LogP contribution in [0.5, 0.6) is 11.5 Å². The van der Waals surface area contributed by atoms with Crippen LogP contribution in [0.2, 0.25) is 0 Å². The lowest BCUT2D eigenvalue weighted by molar-refractivity contribution is 0.354. The molecular formula is C17H14INO2. The van der Waals surface area contributed by atoms with Crippen LogP contribution in [0.4, 0.5) is 0 Å². The molecule has 4 heteroatoms. The largest absolute Gasteiger partial charge is 0.493 e. The van der Waals surface area contributed by atoms with E-state index >= 15 is 0 Å². The van der Waals surface area contributed by atoms with Crippen molar-refractivity contribution in [2.24, 2.45) is 0 Å². The van der Waals surface area contributed by atoms with Crippen molar-refractivity contribution in [3.63, 3.8) is 0 Å². The number of rotatable bonds is 4. The van der Waals surface area contributed by atoms with E-state index in [1.807, 2.05) is 48.5 Å². The monoisotopic (exact) mass is 391 g/mol. The minimum absolute atomic E-state index is 0.581. The summed E-state index contributed by atoms with van der Waals surface area (Å²) in [6.07, 6.45) is 1.81.